The molecule has 2 fully saturated rings. The molecule has 2 aliphatic rings. The SMILES string of the molecule is CC(C)(C)C(=O)/C=C/CN1C[C@@H]2OCCO[C@@H]2C1. The van der Waals surface area contributed by atoms with Crippen molar-refractivity contribution in [1.29, 1.82) is 0 Å². The van der Waals surface area contributed by atoms with E-state index in [4.69, 9.17) is 9.47 Å². The zero-order chi connectivity index (χ0) is 13.2. The van der Waals surface area contributed by atoms with Crippen molar-refractivity contribution in [2.75, 3.05) is 32.8 Å². The number of ether oxygens (including phenoxy) is 2. The summed E-state index contributed by atoms with van der Waals surface area (Å²) < 4.78 is 11.3. The maximum atomic E-state index is 11.7. The smallest absolute Gasteiger partial charge is 0.160 e. The van der Waals surface area contributed by atoms with Crippen LogP contribution in [0.5, 0.6) is 0 Å². The summed E-state index contributed by atoms with van der Waals surface area (Å²) >= 11 is 0. The third kappa shape index (κ3) is 3.40. The topological polar surface area (TPSA) is 38.8 Å². The van der Waals surface area contributed by atoms with Gasteiger partial charge >= 0.3 is 0 Å². The molecule has 102 valence electrons. The molecule has 2 aliphatic heterocycles. The van der Waals surface area contributed by atoms with Gasteiger partial charge in [-0.05, 0) is 6.08 Å². The quantitative estimate of drug-likeness (QED) is 0.710. The van der Waals surface area contributed by atoms with Crippen molar-refractivity contribution in [2.24, 2.45) is 5.41 Å². The number of rotatable bonds is 3. The van der Waals surface area contributed by atoms with E-state index < -0.39 is 0 Å². The van der Waals surface area contributed by atoms with Gasteiger partial charge in [-0.1, -0.05) is 26.8 Å². The number of hydrogen-bond donors (Lipinski definition) is 0. The summed E-state index contributed by atoms with van der Waals surface area (Å²) in [6, 6.07) is 0. The van der Waals surface area contributed by atoms with Gasteiger partial charge in [-0.25, -0.2) is 0 Å². The molecule has 0 N–H and O–H groups in total. The van der Waals surface area contributed by atoms with E-state index in [2.05, 4.69) is 4.90 Å². The van der Waals surface area contributed by atoms with Crippen molar-refractivity contribution >= 4 is 5.78 Å². The van der Waals surface area contributed by atoms with Gasteiger partial charge in [-0.2, -0.15) is 0 Å². The molecule has 2 rings (SSSR count). The van der Waals surface area contributed by atoms with E-state index in [0.29, 0.717) is 13.2 Å². The van der Waals surface area contributed by atoms with Gasteiger partial charge in [-0.3, -0.25) is 9.69 Å². The molecule has 0 saturated carbocycles. The number of fused-ring (bicyclic) bond motifs is 1. The predicted molar refractivity (Wildman–Crippen MR) is 69.5 cm³/mol. The molecule has 2 heterocycles. The fourth-order valence-corrected chi connectivity index (χ4v) is 2.25. The molecule has 2 saturated heterocycles. The second-order valence-electron chi connectivity index (χ2n) is 6.05. The number of ketones is 1. The molecule has 2 atom stereocenters. The Bertz CT molecular complexity index is 318. The van der Waals surface area contributed by atoms with Crippen molar-refractivity contribution in [2.45, 2.75) is 33.0 Å². The summed E-state index contributed by atoms with van der Waals surface area (Å²) in [5, 5.41) is 0. The molecule has 0 amide bonds. The molecule has 18 heavy (non-hydrogen) atoms. The molecule has 0 aromatic rings. The van der Waals surface area contributed by atoms with Crippen molar-refractivity contribution in [3.63, 3.8) is 0 Å². The Hall–Kier alpha value is -0.710. The summed E-state index contributed by atoms with van der Waals surface area (Å²) in [5.74, 6) is 0.173. The lowest BCUT2D eigenvalue weighted by atomic mass is 9.91. The molecule has 0 bridgehead atoms. The number of carbonyl (C=O) groups is 1. The third-order valence-corrected chi connectivity index (χ3v) is 3.41. The first-order valence-corrected chi connectivity index (χ1v) is 6.63. The molecule has 4 heteroatoms. The average Bonchev–Trinajstić information content (AvgIpc) is 2.70. The lowest BCUT2D eigenvalue weighted by molar-refractivity contribution is -0.121. The Morgan fingerprint density at radius 3 is 2.28 bits per heavy atom. The van der Waals surface area contributed by atoms with Crippen LogP contribution in [0, 0.1) is 5.41 Å². The largest absolute Gasteiger partial charge is 0.372 e. The van der Waals surface area contributed by atoms with Crippen LogP contribution in [0.3, 0.4) is 0 Å². The molecular formula is C14H23NO3. The fraction of sp³-hybridized carbons (Fsp3) is 0.786. The van der Waals surface area contributed by atoms with E-state index in [0.717, 1.165) is 19.6 Å². The zero-order valence-electron chi connectivity index (χ0n) is 11.5. The summed E-state index contributed by atoms with van der Waals surface area (Å²) in [4.78, 5) is 14.0. The molecule has 4 nitrogen and oxygen atoms in total. The highest BCUT2D eigenvalue weighted by atomic mass is 16.6. The van der Waals surface area contributed by atoms with Crippen LogP contribution < -0.4 is 0 Å². The van der Waals surface area contributed by atoms with Crippen LogP contribution in [-0.4, -0.2) is 55.7 Å². The van der Waals surface area contributed by atoms with Gasteiger partial charge in [0.25, 0.3) is 0 Å². The number of hydrogen-bond acceptors (Lipinski definition) is 4. The second kappa shape index (κ2) is 5.51. The van der Waals surface area contributed by atoms with Gasteiger partial charge < -0.3 is 9.47 Å². The lowest BCUT2D eigenvalue weighted by Gasteiger charge is -2.24. The van der Waals surface area contributed by atoms with Crippen LogP contribution in [-0.2, 0) is 14.3 Å². The molecule has 0 spiro atoms. The Morgan fingerprint density at radius 1 is 1.22 bits per heavy atom. The van der Waals surface area contributed by atoms with Gasteiger partial charge in [0, 0.05) is 25.0 Å². The lowest BCUT2D eigenvalue weighted by Crippen LogP contribution is -2.36. The third-order valence-electron chi connectivity index (χ3n) is 3.41. The zero-order valence-corrected chi connectivity index (χ0v) is 11.5. The minimum atomic E-state index is -0.290. The predicted octanol–water partition coefficient (Wildman–Crippen LogP) is 1.26. The van der Waals surface area contributed by atoms with Gasteiger partial charge in [-0.15, -0.1) is 0 Å². The highest BCUT2D eigenvalue weighted by molar-refractivity contribution is 5.93. The van der Waals surface area contributed by atoms with Gasteiger partial charge in [0.2, 0.25) is 0 Å². The van der Waals surface area contributed by atoms with Crippen LogP contribution in [0.15, 0.2) is 12.2 Å². The molecular weight excluding hydrogens is 230 g/mol. The second-order valence-corrected chi connectivity index (χ2v) is 6.05. The Kier molecular flexibility index (Phi) is 4.20. The van der Waals surface area contributed by atoms with Crippen molar-refractivity contribution in [3.8, 4) is 0 Å². The summed E-state index contributed by atoms with van der Waals surface area (Å²) in [7, 11) is 0. The minimum absolute atomic E-state index is 0.173. The highest BCUT2D eigenvalue weighted by Crippen LogP contribution is 2.20. The van der Waals surface area contributed by atoms with Gasteiger partial charge in [0.15, 0.2) is 5.78 Å². The van der Waals surface area contributed by atoms with Crippen molar-refractivity contribution < 1.29 is 14.3 Å². The molecule has 0 aromatic heterocycles. The monoisotopic (exact) mass is 253 g/mol. The van der Waals surface area contributed by atoms with E-state index in [9.17, 15) is 4.79 Å². The Balaban J connectivity index is 1.78. The molecule has 0 unspecified atom stereocenters. The Morgan fingerprint density at radius 2 is 1.78 bits per heavy atom. The first-order chi connectivity index (χ1) is 8.47. The van der Waals surface area contributed by atoms with E-state index in [1.165, 1.54) is 0 Å². The summed E-state index contributed by atoms with van der Waals surface area (Å²) in [6.07, 6.45) is 4.07. The average molecular weight is 253 g/mol. The number of likely N-dealkylation sites (tertiary alicyclic amines) is 1. The van der Waals surface area contributed by atoms with Crippen LogP contribution >= 0.6 is 0 Å². The number of carbonyl (C=O) groups excluding carboxylic acids is 1. The van der Waals surface area contributed by atoms with Gasteiger partial charge in [0.1, 0.15) is 0 Å². The summed E-state index contributed by atoms with van der Waals surface area (Å²) in [5.41, 5.74) is -0.290. The normalized spacial score (nSPS) is 29.7. The maximum absolute atomic E-state index is 11.7. The number of nitrogens with zero attached hydrogens (tertiary/aromatic N) is 1. The maximum Gasteiger partial charge on any atom is 0.160 e. The molecule has 0 radical (unpaired) electrons. The van der Waals surface area contributed by atoms with Gasteiger partial charge in [0.05, 0.1) is 25.4 Å². The van der Waals surface area contributed by atoms with E-state index >= 15 is 0 Å². The van der Waals surface area contributed by atoms with E-state index in [1.54, 1.807) is 6.08 Å². The van der Waals surface area contributed by atoms with Crippen molar-refractivity contribution in [3.05, 3.63) is 12.2 Å². The first kappa shape index (κ1) is 13.7. The molecule has 0 aliphatic carbocycles. The first-order valence-electron chi connectivity index (χ1n) is 6.63. The van der Waals surface area contributed by atoms with E-state index in [-0.39, 0.29) is 23.4 Å². The van der Waals surface area contributed by atoms with Crippen LogP contribution in [0.4, 0.5) is 0 Å². The summed E-state index contributed by atoms with van der Waals surface area (Å²) in [6.45, 7) is 9.81. The van der Waals surface area contributed by atoms with Crippen LogP contribution in [0.1, 0.15) is 20.8 Å². The highest BCUT2D eigenvalue weighted by Gasteiger charge is 2.35. The van der Waals surface area contributed by atoms with E-state index in [1.807, 2.05) is 26.8 Å². The van der Waals surface area contributed by atoms with Crippen LogP contribution in [0.2, 0.25) is 0 Å². The van der Waals surface area contributed by atoms with Crippen LogP contribution in [0.25, 0.3) is 0 Å². The molecule has 0 aromatic carbocycles. The Labute approximate surface area is 109 Å². The standard InChI is InChI=1S/C14H23NO3/c1-14(2,3)13(16)5-4-6-15-9-11-12(10-15)18-8-7-17-11/h4-5,11-12H,6-10H2,1-3H3/b5-4+/t11-,12+. The van der Waals surface area contributed by atoms with Crippen molar-refractivity contribution in [1.82, 2.24) is 4.90 Å². The number of allylic oxidation sites excluding steroid dienone is 1. The fourth-order valence-electron chi connectivity index (χ4n) is 2.25. The minimum Gasteiger partial charge on any atom is -0.372 e.